The number of hydrogen-bond acceptors (Lipinski definition) is 9. The van der Waals surface area contributed by atoms with Gasteiger partial charge in [-0.1, -0.05) is 51.1 Å². The number of carbonyl (C=O) groups is 7. The number of benzene rings is 2. The van der Waals surface area contributed by atoms with Crippen molar-refractivity contribution in [2.45, 2.75) is 78.6 Å². The van der Waals surface area contributed by atoms with Crippen LogP contribution in [0.15, 0.2) is 60.8 Å². The zero-order chi connectivity index (χ0) is 45.7. The normalized spacial score (nSPS) is 13.0. The number of nitrogens with two attached hydrogens (primary N) is 1. The predicted octanol–water partition coefficient (Wildman–Crippen LogP) is 1.92. The van der Waals surface area contributed by atoms with Gasteiger partial charge in [-0.05, 0) is 61.9 Å². The van der Waals surface area contributed by atoms with E-state index in [9.17, 15) is 48.2 Å². The Labute approximate surface area is 352 Å². The summed E-state index contributed by atoms with van der Waals surface area (Å²) in [4.78, 5) is 88.0. The van der Waals surface area contributed by atoms with Crippen molar-refractivity contribution in [2.75, 3.05) is 32.8 Å². The van der Waals surface area contributed by atoms with Crippen molar-refractivity contribution in [1.82, 2.24) is 30.7 Å². The fraction of sp³-hybridized carbons (Fsp3) is 0.452. The molecule has 3 rings (SSSR count). The number of aromatic nitrogens is 1. The van der Waals surface area contributed by atoms with Gasteiger partial charge in [0.1, 0.15) is 29.7 Å². The molecule has 0 spiro atoms. The number of aliphatic carboxylic acids is 2. The summed E-state index contributed by atoms with van der Waals surface area (Å²) in [7, 11) is 0. The largest absolute Gasteiger partial charge is 0.481 e. The van der Waals surface area contributed by atoms with Crippen LogP contribution in [-0.2, 0) is 40.1 Å². The number of carboxylic acid groups (broad SMARTS) is 2. The van der Waals surface area contributed by atoms with E-state index in [0.29, 0.717) is 17.8 Å². The molecule has 3 unspecified atom stereocenters. The van der Waals surface area contributed by atoms with Gasteiger partial charge in [-0.3, -0.25) is 33.6 Å². The number of nitrogens with one attached hydrogen (secondary N) is 4. The fourth-order valence-corrected chi connectivity index (χ4v) is 6.40. The van der Waals surface area contributed by atoms with Crippen molar-refractivity contribution in [3.8, 4) is 11.1 Å². The van der Waals surface area contributed by atoms with Crippen LogP contribution in [0.5, 0.6) is 0 Å². The Morgan fingerprint density at radius 2 is 1.49 bits per heavy atom. The average Bonchev–Trinajstić information content (AvgIpc) is 3.60. The molecule has 9 N–H and O–H groups in total. The Kier molecular flexibility index (Phi) is 17.6. The highest BCUT2D eigenvalue weighted by atomic mass is 19.1. The Bertz CT molecular complexity index is 2050. The minimum absolute atomic E-state index is 0.0142. The van der Waals surface area contributed by atoms with E-state index in [2.05, 4.69) is 21.3 Å². The van der Waals surface area contributed by atoms with Crippen LogP contribution in [0.4, 0.5) is 8.78 Å². The monoisotopic (exact) mass is 855 g/mol. The number of amides is 5. The van der Waals surface area contributed by atoms with E-state index in [1.165, 1.54) is 4.90 Å². The lowest BCUT2D eigenvalue weighted by molar-refractivity contribution is -0.153. The first kappa shape index (κ1) is 49.2. The molecule has 0 bridgehead atoms. The van der Waals surface area contributed by atoms with E-state index in [1.807, 2.05) is 55.7 Å². The van der Waals surface area contributed by atoms with Gasteiger partial charge in [0.05, 0.1) is 18.6 Å². The van der Waals surface area contributed by atoms with E-state index < -0.39 is 102 Å². The molecule has 19 heteroatoms. The maximum atomic E-state index is 15.1. The van der Waals surface area contributed by atoms with Gasteiger partial charge in [0, 0.05) is 55.6 Å². The summed E-state index contributed by atoms with van der Waals surface area (Å²) in [5.74, 6) is -7.91. The smallest absolute Gasteiger partial charge is 0.318 e. The number of carbonyl (C=O) groups excluding carboxylic acids is 5. The van der Waals surface area contributed by atoms with Crippen LogP contribution in [0, 0.1) is 22.5 Å². The van der Waals surface area contributed by atoms with Crippen molar-refractivity contribution in [3.63, 3.8) is 0 Å². The molecule has 0 fully saturated rings. The fourth-order valence-electron chi connectivity index (χ4n) is 6.40. The molecule has 0 aliphatic rings. The number of aliphatic hydroxyl groups is 1. The second-order valence-corrected chi connectivity index (χ2v) is 16.0. The first-order chi connectivity index (χ1) is 28.6. The highest BCUT2D eigenvalue weighted by Gasteiger charge is 2.38. The van der Waals surface area contributed by atoms with Crippen molar-refractivity contribution < 1.29 is 57.7 Å². The van der Waals surface area contributed by atoms with Gasteiger partial charge in [-0.15, -0.1) is 0 Å². The predicted molar refractivity (Wildman–Crippen MR) is 218 cm³/mol. The van der Waals surface area contributed by atoms with Gasteiger partial charge in [0.15, 0.2) is 0 Å². The van der Waals surface area contributed by atoms with Crippen LogP contribution in [-0.4, -0.2) is 111 Å². The van der Waals surface area contributed by atoms with Gasteiger partial charge < -0.3 is 51.8 Å². The number of nitrogens with zero attached hydrogens (tertiary/aromatic N) is 2. The summed E-state index contributed by atoms with van der Waals surface area (Å²) in [6.07, 6.45) is 0.772. The Balaban J connectivity index is 1.72. The van der Waals surface area contributed by atoms with E-state index in [4.69, 9.17) is 10.8 Å². The molecule has 5 amide bonds. The van der Waals surface area contributed by atoms with Crippen molar-refractivity contribution in [3.05, 3.63) is 83.7 Å². The molecule has 0 aliphatic carbocycles. The van der Waals surface area contributed by atoms with Gasteiger partial charge in [-0.2, -0.15) is 0 Å². The summed E-state index contributed by atoms with van der Waals surface area (Å²) in [5, 5.41) is 38.0. The number of hydrogen-bond donors (Lipinski definition) is 8. The summed E-state index contributed by atoms with van der Waals surface area (Å²) >= 11 is 0. The van der Waals surface area contributed by atoms with Crippen molar-refractivity contribution in [1.29, 1.82) is 0 Å². The molecule has 2 aromatic carbocycles. The maximum Gasteiger partial charge on any atom is 0.318 e. The maximum absolute atomic E-state index is 15.1. The molecule has 0 saturated carbocycles. The van der Waals surface area contributed by atoms with Crippen molar-refractivity contribution in [2.24, 2.45) is 16.6 Å². The Hall–Kier alpha value is -6.21. The number of rotatable bonds is 22. The topological polar surface area (TPSA) is 262 Å². The third-order valence-corrected chi connectivity index (χ3v) is 9.78. The third kappa shape index (κ3) is 14.2. The standard InChI is InChI=1S/C42H55F2N7O10/c1-41(2,3)36(32-19-26(28-20-27(43)11-12-29(28)44)23-50(32)22-25-9-7-6-8-10-25)51(34(54)24-52)18-15-30(45)37(57)46-16-17-47-38(58)31(13-14-35(55)56)49-33(53)21-48-39(59)42(4,5)40(60)61/h6-12,19-20,23,30-31,36,52H,13-18,21-22,24,45H2,1-5H3,(H,46,57)(H,47,58)(H,48,59)(H,49,53)(H,55,56)(H,60,61). The van der Waals surface area contributed by atoms with E-state index in [1.54, 1.807) is 12.3 Å². The summed E-state index contributed by atoms with van der Waals surface area (Å²) in [6.45, 7) is 6.21. The number of carboxylic acids is 2. The molecule has 0 aliphatic heterocycles. The highest BCUT2D eigenvalue weighted by Crippen LogP contribution is 2.41. The first-order valence-corrected chi connectivity index (χ1v) is 19.5. The lowest BCUT2D eigenvalue weighted by Crippen LogP contribution is -2.52. The molecule has 3 atom stereocenters. The molecular weight excluding hydrogens is 800 g/mol. The van der Waals surface area contributed by atoms with Gasteiger partial charge in [0.2, 0.25) is 29.5 Å². The average molecular weight is 856 g/mol. The lowest BCUT2D eigenvalue weighted by atomic mass is 9.82. The lowest BCUT2D eigenvalue weighted by Gasteiger charge is -2.41. The highest BCUT2D eigenvalue weighted by molar-refractivity contribution is 6.02. The SMILES string of the molecule is CC(C)(C(=O)O)C(=O)NCC(=O)NC(CCC(=O)O)C(=O)NCCNC(=O)C(N)CCN(C(=O)CO)C(c1cc(-c2cc(F)ccc2F)cn1Cc1ccccc1)C(C)(C)C. The van der Waals surface area contributed by atoms with Crippen LogP contribution in [0.25, 0.3) is 11.1 Å². The zero-order valence-corrected chi connectivity index (χ0v) is 34.8. The number of aliphatic hydroxyl groups excluding tert-OH is 1. The molecule has 17 nitrogen and oxygen atoms in total. The molecule has 0 radical (unpaired) electrons. The van der Waals surface area contributed by atoms with Gasteiger partial charge in [-0.25, -0.2) is 8.78 Å². The second-order valence-electron chi connectivity index (χ2n) is 16.0. The van der Waals surface area contributed by atoms with Crippen LogP contribution < -0.4 is 27.0 Å². The molecule has 1 aromatic heterocycles. The van der Waals surface area contributed by atoms with Crippen LogP contribution in [0.2, 0.25) is 0 Å². The molecular formula is C42H55F2N7O10. The minimum Gasteiger partial charge on any atom is -0.481 e. The zero-order valence-electron chi connectivity index (χ0n) is 34.8. The van der Waals surface area contributed by atoms with Gasteiger partial charge >= 0.3 is 11.9 Å². The number of halogens is 2. The summed E-state index contributed by atoms with van der Waals surface area (Å²) < 4.78 is 31.2. The minimum atomic E-state index is -1.84. The second kappa shape index (κ2) is 21.9. The third-order valence-electron chi connectivity index (χ3n) is 9.78. The van der Waals surface area contributed by atoms with Crippen molar-refractivity contribution >= 4 is 41.5 Å². The molecule has 332 valence electrons. The van der Waals surface area contributed by atoms with Crippen LogP contribution >= 0.6 is 0 Å². The van der Waals surface area contributed by atoms with Crippen LogP contribution in [0.1, 0.15) is 71.2 Å². The summed E-state index contributed by atoms with van der Waals surface area (Å²) in [5.41, 5.74) is 5.51. The van der Waals surface area contributed by atoms with Crippen LogP contribution in [0.3, 0.4) is 0 Å². The molecule has 1 heterocycles. The quantitative estimate of drug-likeness (QED) is 0.0535. The van der Waals surface area contributed by atoms with Gasteiger partial charge in [0.25, 0.3) is 0 Å². The molecule has 61 heavy (non-hydrogen) atoms. The van der Waals surface area contributed by atoms with E-state index >= 15 is 4.39 Å². The first-order valence-electron chi connectivity index (χ1n) is 19.5. The Morgan fingerprint density at radius 1 is 0.852 bits per heavy atom. The molecule has 0 saturated heterocycles. The van der Waals surface area contributed by atoms with E-state index in [-0.39, 0.29) is 38.0 Å². The van der Waals surface area contributed by atoms with E-state index in [0.717, 1.165) is 37.6 Å². The summed E-state index contributed by atoms with van der Waals surface area (Å²) in [6, 6.07) is 10.9. The molecule has 3 aromatic rings. The Morgan fingerprint density at radius 3 is 2.08 bits per heavy atom.